The van der Waals surface area contributed by atoms with Crippen molar-refractivity contribution in [1.82, 2.24) is 15.8 Å². The molecule has 0 spiro atoms. The third-order valence-corrected chi connectivity index (χ3v) is 5.92. The normalized spacial score (nSPS) is 12.9. The van der Waals surface area contributed by atoms with Gasteiger partial charge in [-0.25, -0.2) is 0 Å². The van der Waals surface area contributed by atoms with Gasteiger partial charge in [0.25, 0.3) is 17.7 Å². The van der Waals surface area contributed by atoms with E-state index in [4.69, 9.17) is 0 Å². The van der Waals surface area contributed by atoms with Crippen molar-refractivity contribution in [3.63, 3.8) is 0 Å². The Morgan fingerprint density at radius 2 is 1.71 bits per heavy atom. The second-order valence-electron chi connectivity index (χ2n) is 6.48. The summed E-state index contributed by atoms with van der Waals surface area (Å²) >= 11 is 1.40. The van der Waals surface area contributed by atoms with Crippen molar-refractivity contribution in [2.75, 3.05) is 6.54 Å². The number of hydrogen-bond donors (Lipinski definition) is 2. The highest BCUT2D eigenvalue weighted by molar-refractivity contribution is 7.14. The summed E-state index contributed by atoms with van der Waals surface area (Å²) in [4.78, 5) is 51.4. The zero-order chi connectivity index (χ0) is 20.3. The van der Waals surface area contributed by atoms with Crippen LogP contribution in [0.2, 0.25) is 0 Å². The summed E-state index contributed by atoms with van der Waals surface area (Å²) < 4.78 is 0. The van der Waals surface area contributed by atoms with Gasteiger partial charge in [0.1, 0.15) is 0 Å². The first kappa shape index (κ1) is 19.8. The fraction of sp³-hybridized carbons (Fsp3) is 0.300. The van der Waals surface area contributed by atoms with Crippen molar-refractivity contribution in [2.45, 2.75) is 33.1 Å². The zero-order valence-electron chi connectivity index (χ0n) is 15.7. The van der Waals surface area contributed by atoms with E-state index in [1.807, 2.05) is 13.8 Å². The van der Waals surface area contributed by atoms with Crippen LogP contribution in [0.5, 0.6) is 0 Å². The minimum atomic E-state index is -0.381. The van der Waals surface area contributed by atoms with Gasteiger partial charge in [0, 0.05) is 17.8 Å². The highest BCUT2D eigenvalue weighted by Crippen LogP contribution is 2.23. The lowest BCUT2D eigenvalue weighted by molar-refractivity contribution is -0.122. The van der Waals surface area contributed by atoms with E-state index in [9.17, 15) is 19.2 Å². The van der Waals surface area contributed by atoms with Crippen LogP contribution < -0.4 is 10.9 Å². The van der Waals surface area contributed by atoms with Crippen molar-refractivity contribution in [3.05, 3.63) is 56.8 Å². The van der Waals surface area contributed by atoms with E-state index in [-0.39, 0.29) is 36.6 Å². The Kier molecular flexibility index (Phi) is 5.89. The van der Waals surface area contributed by atoms with Crippen molar-refractivity contribution in [2.24, 2.45) is 0 Å². The first-order valence-corrected chi connectivity index (χ1v) is 9.87. The van der Waals surface area contributed by atoms with Crippen LogP contribution in [0.25, 0.3) is 0 Å². The van der Waals surface area contributed by atoms with Crippen LogP contribution in [0.4, 0.5) is 0 Å². The van der Waals surface area contributed by atoms with E-state index < -0.39 is 0 Å². The lowest BCUT2D eigenvalue weighted by Crippen LogP contribution is -2.41. The third-order valence-electron chi connectivity index (χ3n) is 4.54. The second-order valence-corrected chi connectivity index (χ2v) is 7.62. The van der Waals surface area contributed by atoms with E-state index in [2.05, 4.69) is 10.9 Å². The molecule has 28 heavy (non-hydrogen) atoms. The quantitative estimate of drug-likeness (QED) is 0.576. The molecule has 1 aromatic heterocycles. The molecule has 2 aromatic rings. The number of hydrazine groups is 1. The largest absolute Gasteiger partial charge is 0.279 e. The molecule has 1 aliphatic rings. The van der Waals surface area contributed by atoms with Crippen LogP contribution in [0, 0.1) is 6.92 Å². The standard InChI is InChI=1S/C20H21N3O4S/c1-3-15-12(2)11-16(28-15)18(25)22-21-17(24)9-6-10-23-19(26)13-7-4-5-8-14(13)20(23)27/h4-5,7-8,11H,3,6,9-10H2,1-2H3,(H,21,24)(H,22,25). The highest BCUT2D eigenvalue weighted by atomic mass is 32.1. The number of benzene rings is 1. The predicted molar refractivity (Wildman–Crippen MR) is 105 cm³/mol. The summed E-state index contributed by atoms with van der Waals surface area (Å²) in [5.74, 6) is -1.42. The summed E-state index contributed by atoms with van der Waals surface area (Å²) in [5, 5.41) is 0. The van der Waals surface area contributed by atoms with Crippen molar-refractivity contribution < 1.29 is 19.2 Å². The lowest BCUT2D eigenvalue weighted by Gasteiger charge is -2.13. The molecule has 1 aliphatic heterocycles. The molecule has 0 saturated heterocycles. The van der Waals surface area contributed by atoms with Crippen LogP contribution in [0.15, 0.2) is 30.3 Å². The molecule has 2 N–H and O–H groups in total. The number of amides is 4. The van der Waals surface area contributed by atoms with E-state index >= 15 is 0 Å². The number of rotatable bonds is 6. The minimum Gasteiger partial charge on any atom is -0.274 e. The minimum absolute atomic E-state index is 0.0807. The van der Waals surface area contributed by atoms with Crippen molar-refractivity contribution in [3.8, 4) is 0 Å². The van der Waals surface area contributed by atoms with Crippen LogP contribution >= 0.6 is 11.3 Å². The SMILES string of the molecule is CCc1sc(C(=O)NNC(=O)CCCN2C(=O)c3ccccc3C2=O)cc1C. The summed E-state index contributed by atoms with van der Waals surface area (Å²) in [5.41, 5.74) is 6.61. The maximum absolute atomic E-state index is 12.3. The molecule has 1 aromatic carbocycles. The van der Waals surface area contributed by atoms with Gasteiger partial charge in [-0.15, -0.1) is 11.3 Å². The molecule has 2 heterocycles. The predicted octanol–water partition coefficient (Wildman–Crippen LogP) is 2.46. The molecule has 0 aliphatic carbocycles. The Balaban J connectivity index is 1.44. The molecule has 4 amide bonds. The van der Waals surface area contributed by atoms with E-state index in [0.717, 1.165) is 21.8 Å². The second kappa shape index (κ2) is 8.35. The van der Waals surface area contributed by atoms with Crippen LogP contribution in [0.3, 0.4) is 0 Å². The average molecular weight is 399 g/mol. The van der Waals surface area contributed by atoms with Gasteiger partial charge in [-0.3, -0.25) is 34.9 Å². The molecular formula is C20H21N3O4S. The number of nitrogens with zero attached hydrogens (tertiary/aromatic N) is 1. The molecule has 0 unspecified atom stereocenters. The number of aryl methyl sites for hydroxylation is 2. The first-order chi connectivity index (χ1) is 13.4. The molecule has 7 nitrogen and oxygen atoms in total. The van der Waals surface area contributed by atoms with Crippen LogP contribution in [-0.4, -0.2) is 35.1 Å². The number of imide groups is 1. The molecule has 0 atom stereocenters. The lowest BCUT2D eigenvalue weighted by atomic mass is 10.1. The van der Waals surface area contributed by atoms with Crippen LogP contribution in [0.1, 0.15) is 60.6 Å². The van der Waals surface area contributed by atoms with Crippen LogP contribution in [-0.2, 0) is 11.2 Å². The number of carbonyl (C=O) groups is 4. The highest BCUT2D eigenvalue weighted by Gasteiger charge is 2.34. The Hall–Kier alpha value is -3.00. The van der Waals surface area contributed by atoms with Gasteiger partial charge < -0.3 is 0 Å². The topological polar surface area (TPSA) is 95.6 Å². The van der Waals surface area contributed by atoms with Gasteiger partial charge >= 0.3 is 0 Å². The van der Waals surface area contributed by atoms with Gasteiger partial charge in [0.2, 0.25) is 5.91 Å². The number of fused-ring (bicyclic) bond motifs is 1. The van der Waals surface area contributed by atoms with Gasteiger partial charge in [-0.1, -0.05) is 19.1 Å². The number of nitrogens with one attached hydrogen (secondary N) is 2. The average Bonchev–Trinajstić information content (AvgIpc) is 3.19. The smallest absolute Gasteiger partial charge is 0.274 e. The van der Waals surface area contributed by atoms with Crippen molar-refractivity contribution in [1.29, 1.82) is 0 Å². The monoisotopic (exact) mass is 399 g/mol. The van der Waals surface area contributed by atoms with E-state index in [1.165, 1.54) is 11.3 Å². The molecule has 146 valence electrons. The molecule has 8 heteroatoms. The first-order valence-electron chi connectivity index (χ1n) is 9.06. The Labute approximate surface area is 166 Å². The summed E-state index contributed by atoms with van der Waals surface area (Å²) in [7, 11) is 0. The molecule has 0 fully saturated rings. The zero-order valence-corrected chi connectivity index (χ0v) is 16.5. The summed E-state index contributed by atoms with van der Waals surface area (Å²) in [6, 6.07) is 8.46. The summed E-state index contributed by atoms with van der Waals surface area (Å²) in [6.07, 6.45) is 1.25. The molecule has 0 bridgehead atoms. The maximum Gasteiger partial charge on any atom is 0.279 e. The molecule has 3 rings (SSSR count). The van der Waals surface area contributed by atoms with Gasteiger partial charge in [-0.05, 0) is 43.5 Å². The molecule has 0 saturated carbocycles. The Morgan fingerprint density at radius 1 is 1.07 bits per heavy atom. The van der Waals surface area contributed by atoms with E-state index in [1.54, 1.807) is 30.3 Å². The van der Waals surface area contributed by atoms with Gasteiger partial charge in [-0.2, -0.15) is 0 Å². The molecular weight excluding hydrogens is 378 g/mol. The molecule has 0 radical (unpaired) electrons. The van der Waals surface area contributed by atoms with Gasteiger partial charge in [0.15, 0.2) is 0 Å². The van der Waals surface area contributed by atoms with Gasteiger partial charge in [0.05, 0.1) is 16.0 Å². The number of thiophene rings is 1. The Morgan fingerprint density at radius 3 is 2.29 bits per heavy atom. The fourth-order valence-corrected chi connectivity index (χ4v) is 4.08. The van der Waals surface area contributed by atoms with Crippen molar-refractivity contribution >= 4 is 35.0 Å². The fourth-order valence-electron chi connectivity index (χ4n) is 3.07. The van der Waals surface area contributed by atoms with E-state index in [0.29, 0.717) is 22.4 Å². The summed E-state index contributed by atoms with van der Waals surface area (Å²) in [6.45, 7) is 4.12. The Bertz CT molecular complexity index is 916. The maximum atomic E-state index is 12.3. The number of hydrogen-bond acceptors (Lipinski definition) is 5. The third kappa shape index (κ3) is 3.96. The number of carbonyl (C=O) groups excluding carboxylic acids is 4.